The quantitative estimate of drug-likeness (QED) is 0.374. The van der Waals surface area contributed by atoms with E-state index in [1.807, 2.05) is 0 Å². The number of esters is 1. The van der Waals surface area contributed by atoms with Crippen LogP contribution in [-0.2, 0) is 24.2 Å². The number of H-pyrrole nitrogens is 1. The molecule has 1 N–H and O–H groups in total. The third-order valence-electron chi connectivity index (χ3n) is 5.17. The van der Waals surface area contributed by atoms with E-state index in [1.54, 1.807) is 0 Å². The van der Waals surface area contributed by atoms with Crippen LogP contribution >= 0.6 is 11.3 Å². The van der Waals surface area contributed by atoms with Gasteiger partial charge in [-0.3, -0.25) is 14.9 Å². The first-order valence-electron chi connectivity index (χ1n) is 9.40. The van der Waals surface area contributed by atoms with Crippen molar-refractivity contribution in [3.63, 3.8) is 0 Å². The number of ether oxygens (including phenoxy) is 2. The molecule has 4 rings (SSSR count). The number of hydrogen-bond donors (Lipinski definition) is 1. The lowest BCUT2D eigenvalue weighted by Crippen LogP contribution is -2.16. The molecule has 0 spiro atoms. The zero-order valence-corrected chi connectivity index (χ0v) is 17.2. The minimum atomic E-state index is -0.761. The zero-order chi connectivity index (χ0) is 21.4. The first-order valence-corrected chi connectivity index (χ1v) is 10.2. The number of thiophene rings is 1. The third kappa shape index (κ3) is 3.65. The summed E-state index contributed by atoms with van der Waals surface area (Å²) in [5, 5.41) is 11.8. The van der Waals surface area contributed by atoms with Crippen molar-refractivity contribution in [3.05, 3.63) is 60.5 Å². The fourth-order valence-electron chi connectivity index (χ4n) is 3.64. The van der Waals surface area contributed by atoms with Gasteiger partial charge in [-0.2, -0.15) is 0 Å². The first-order chi connectivity index (χ1) is 14.4. The second kappa shape index (κ2) is 7.86. The second-order valence-electron chi connectivity index (χ2n) is 7.26. The average molecular weight is 429 g/mol. The highest BCUT2D eigenvalue weighted by Gasteiger charge is 2.23. The Morgan fingerprint density at radius 1 is 1.43 bits per heavy atom. The number of aromatic amines is 1. The molecular weight excluding hydrogens is 410 g/mol. The van der Waals surface area contributed by atoms with Crippen LogP contribution in [-0.4, -0.2) is 28.0 Å². The standard InChI is InChI=1S/C20H19N3O6S/c1-10-3-5-12-15(7-10)30-19-17(12)18(24)21-16(22-19)9-29-20(25)11-4-6-14(28-2)13(8-11)23(26)27/h4,6,8,10H,3,5,7,9H2,1-2H3,(H,21,22,24)/t10-/m1/s1. The van der Waals surface area contributed by atoms with Crippen LogP contribution in [0, 0.1) is 16.0 Å². The zero-order valence-electron chi connectivity index (χ0n) is 16.4. The Balaban J connectivity index is 1.55. The van der Waals surface area contributed by atoms with Crippen molar-refractivity contribution in [2.75, 3.05) is 7.11 Å². The number of carbonyl (C=O) groups excluding carboxylic acids is 1. The minimum Gasteiger partial charge on any atom is -0.490 e. The summed E-state index contributed by atoms with van der Waals surface area (Å²) in [7, 11) is 1.31. The number of fused-ring (bicyclic) bond motifs is 3. The average Bonchev–Trinajstić information content (AvgIpc) is 3.09. The number of nitro benzene ring substituents is 1. The smallest absolute Gasteiger partial charge is 0.338 e. The van der Waals surface area contributed by atoms with Gasteiger partial charge < -0.3 is 14.5 Å². The number of nitrogens with one attached hydrogen (secondary N) is 1. The first kappa shape index (κ1) is 20.0. The maximum absolute atomic E-state index is 12.6. The van der Waals surface area contributed by atoms with Crippen LogP contribution in [0.4, 0.5) is 5.69 Å². The van der Waals surface area contributed by atoms with Gasteiger partial charge in [-0.1, -0.05) is 6.92 Å². The Labute approximate surface area is 174 Å². The SMILES string of the molecule is COc1ccc(C(=O)OCc2nc3sc4c(c3c(=O)[nH]2)CC[C@@H](C)C4)cc1[N+](=O)[O-]. The maximum atomic E-state index is 12.6. The Morgan fingerprint density at radius 2 is 2.23 bits per heavy atom. The van der Waals surface area contributed by atoms with Crippen molar-refractivity contribution in [1.29, 1.82) is 0 Å². The van der Waals surface area contributed by atoms with Crippen molar-refractivity contribution in [1.82, 2.24) is 9.97 Å². The van der Waals surface area contributed by atoms with E-state index < -0.39 is 10.9 Å². The molecule has 2 heterocycles. The van der Waals surface area contributed by atoms with Crippen LogP contribution in [0.2, 0.25) is 0 Å². The lowest BCUT2D eigenvalue weighted by atomic mass is 9.89. The fourth-order valence-corrected chi connectivity index (χ4v) is 5.04. The van der Waals surface area contributed by atoms with Crippen LogP contribution in [0.25, 0.3) is 10.2 Å². The summed E-state index contributed by atoms with van der Waals surface area (Å²) in [4.78, 5) is 44.4. The largest absolute Gasteiger partial charge is 0.490 e. The molecule has 1 aromatic carbocycles. The van der Waals surface area contributed by atoms with E-state index in [0.717, 1.165) is 30.9 Å². The van der Waals surface area contributed by atoms with E-state index in [-0.39, 0.29) is 35.0 Å². The normalized spacial score (nSPS) is 15.6. The van der Waals surface area contributed by atoms with Gasteiger partial charge >= 0.3 is 11.7 Å². The van der Waals surface area contributed by atoms with Gasteiger partial charge in [0.2, 0.25) is 0 Å². The van der Waals surface area contributed by atoms with Crippen molar-refractivity contribution in [3.8, 4) is 5.75 Å². The van der Waals surface area contributed by atoms with Gasteiger partial charge in [-0.05, 0) is 42.9 Å². The van der Waals surface area contributed by atoms with Crippen LogP contribution in [0.3, 0.4) is 0 Å². The molecule has 10 heteroatoms. The lowest BCUT2D eigenvalue weighted by molar-refractivity contribution is -0.385. The van der Waals surface area contributed by atoms with Gasteiger partial charge in [0.05, 0.1) is 23.0 Å². The van der Waals surface area contributed by atoms with E-state index in [1.165, 1.54) is 35.5 Å². The summed E-state index contributed by atoms with van der Waals surface area (Å²) in [6, 6.07) is 3.80. The summed E-state index contributed by atoms with van der Waals surface area (Å²) in [6.07, 6.45) is 2.86. The van der Waals surface area contributed by atoms with Gasteiger partial charge in [-0.25, -0.2) is 9.78 Å². The van der Waals surface area contributed by atoms with Crippen LogP contribution in [0.1, 0.15) is 40.0 Å². The van der Waals surface area contributed by atoms with Crippen molar-refractivity contribution in [2.24, 2.45) is 5.92 Å². The van der Waals surface area contributed by atoms with Crippen molar-refractivity contribution >= 4 is 33.2 Å². The summed E-state index contributed by atoms with van der Waals surface area (Å²) in [6.45, 7) is 1.95. The molecule has 1 aliphatic carbocycles. The molecule has 2 aromatic heterocycles. The fraction of sp³-hybridized carbons (Fsp3) is 0.350. The van der Waals surface area contributed by atoms with Gasteiger partial charge in [0.25, 0.3) is 5.56 Å². The molecule has 0 saturated heterocycles. The molecule has 3 aromatic rings. The summed E-state index contributed by atoms with van der Waals surface area (Å²) in [5.41, 5.74) is 0.513. The molecule has 9 nitrogen and oxygen atoms in total. The van der Waals surface area contributed by atoms with Crippen molar-refractivity contribution in [2.45, 2.75) is 32.8 Å². The summed E-state index contributed by atoms with van der Waals surface area (Å²) >= 11 is 1.51. The molecule has 156 valence electrons. The molecule has 0 radical (unpaired) electrons. The second-order valence-corrected chi connectivity index (χ2v) is 8.35. The molecule has 0 fully saturated rings. The van der Waals surface area contributed by atoms with Crippen LogP contribution < -0.4 is 10.3 Å². The van der Waals surface area contributed by atoms with E-state index in [4.69, 9.17) is 9.47 Å². The van der Waals surface area contributed by atoms with E-state index in [0.29, 0.717) is 16.1 Å². The highest BCUT2D eigenvalue weighted by Crippen LogP contribution is 2.35. The Bertz CT molecular complexity index is 1220. The highest BCUT2D eigenvalue weighted by molar-refractivity contribution is 7.18. The van der Waals surface area contributed by atoms with E-state index in [2.05, 4.69) is 16.9 Å². The van der Waals surface area contributed by atoms with Crippen molar-refractivity contribution < 1.29 is 19.2 Å². The Kier molecular flexibility index (Phi) is 5.25. The minimum absolute atomic E-state index is 0.00602. The highest BCUT2D eigenvalue weighted by atomic mass is 32.1. The molecule has 1 aliphatic rings. The Hall–Kier alpha value is -3.27. The predicted octanol–water partition coefficient (Wildman–Crippen LogP) is 3.38. The number of hydrogen-bond acceptors (Lipinski definition) is 8. The van der Waals surface area contributed by atoms with Gasteiger partial charge in [-0.15, -0.1) is 11.3 Å². The monoisotopic (exact) mass is 429 g/mol. The summed E-state index contributed by atoms with van der Waals surface area (Å²) in [5.74, 6) is 0.0981. The number of benzene rings is 1. The Morgan fingerprint density at radius 3 is 2.97 bits per heavy atom. The molecule has 0 amide bonds. The molecule has 0 bridgehead atoms. The molecule has 1 atom stereocenters. The number of methoxy groups -OCH3 is 1. The molecular formula is C20H19N3O6S. The number of nitro groups is 1. The molecule has 0 unspecified atom stereocenters. The van der Waals surface area contributed by atoms with E-state index in [9.17, 15) is 19.7 Å². The molecule has 0 aliphatic heterocycles. The topological polar surface area (TPSA) is 124 Å². The molecule has 30 heavy (non-hydrogen) atoms. The number of carbonyl (C=O) groups is 1. The third-order valence-corrected chi connectivity index (χ3v) is 6.31. The van der Waals surface area contributed by atoms with Gasteiger partial charge in [0, 0.05) is 10.9 Å². The maximum Gasteiger partial charge on any atom is 0.338 e. The summed E-state index contributed by atoms with van der Waals surface area (Å²) < 4.78 is 10.1. The number of aromatic nitrogens is 2. The van der Waals surface area contributed by atoms with E-state index >= 15 is 0 Å². The number of nitrogens with zero attached hydrogens (tertiary/aromatic N) is 2. The van der Waals surface area contributed by atoms with Crippen LogP contribution in [0.15, 0.2) is 23.0 Å². The van der Waals surface area contributed by atoms with Crippen LogP contribution in [0.5, 0.6) is 5.75 Å². The molecule has 0 saturated carbocycles. The lowest BCUT2D eigenvalue weighted by Gasteiger charge is -2.17. The van der Waals surface area contributed by atoms with Gasteiger partial charge in [0.15, 0.2) is 5.75 Å². The predicted molar refractivity (Wildman–Crippen MR) is 110 cm³/mol. The number of aryl methyl sites for hydroxylation is 1. The van der Waals surface area contributed by atoms with Gasteiger partial charge in [0.1, 0.15) is 17.3 Å². The number of rotatable bonds is 5.